The van der Waals surface area contributed by atoms with Crippen molar-refractivity contribution in [2.75, 3.05) is 12.4 Å². The fourth-order valence-electron chi connectivity index (χ4n) is 3.48. The second-order valence-electron chi connectivity index (χ2n) is 6.60. The van der Waals surface area contributed by atoms with Gasteiger partial charge in [0.15, 0.2) is 11.5 Å². The van der Waals surface area contributed by atoms with Gasteiger partial charge in [0.1, 0.15) is 5.52 Å². The number of halogens is 2. The minimum absolute atomic E-state index is 0.209. The van der Waals surface area contributed by atoms with Crippen LogP contribution in [0.4, 0.5) is 11.4 Å². The predicted molar refractivity (Wildman–Crippen MR) is 111 cm³/mol. The summed E-state index contributed by atoms with van der Waals surface area (Å²) in [6.45, 7) is 0. The number of anilines is 2. The average Bonchev–Trinajstić information content (AvgIpc) is 3.18. The highest BCUT2D eigenvalue weighted by atomic mass is 35.5. The van der Waals surface area contributed by atoms with E-state index >= 15 is 0 Å². The Bertz CT molecular complexity index is 952. The van der Waals surface area contributed by atoms with Crippen molar-refractivity contribution < 1.29 is 9.47 Å². The number of para-hydroxylation sites is 1. The molecule has 0 spiro atoms. The first kappa shape index (κ1) is 18.2. The highest BCUT2D eigenvalue weighted by Crippen LogP contribution is 2.41. The van der Waals surface area contributed by atoms with Gasteiger partial charge in [0.25, 0.3) is 0 Å². The highest BCUT2D eigenvalue weighted by Gasteiger charge is 2.21. The fraction of sp³-hybridized carbons (Fsp3) is 0.286. The first-order valence-electron chi connectivity index (χ1n) is 9.01. The quantitative estimate of drug-likeness (QED) is 0.520. The number of pyridine rings is 1. The smallest absolute Gasteiger partial charge is 0.187 e. The molecule has 0 atom stereocenters. The number of aromatic nitrogens is 1. The summed E-state index contributed by atoms with van der Waals surface area (Å²) in [4.78, 5) is 4.57. The van der Waals surface area contributed by atoms with Crippen LogP contribution in [0.2, 0.25) is 10.0 Å². The SMILES string of the molecule is COc1ccc2c(Nc3c(Cl)cccc3Cl)ccnc2c1OC1CCCC1. The van der Waals surface area contributed by atoms with Gasteiger partial charge in [-0.15, -0.1) is 0 Å². The van der Waals surface area contributed by atoms with E-state index in [1.54, 1.807) is 25.4 Å². The molecular weight excluding hydrogens is 383 g/mol. The summed E-state index contributed by atoms with van der Waals surface area (Å²) in [5.74, 6) is 1.38. The molecule has 4 nitrogen and oxygen atoms in total. The van der Waals surface area contributed by atoms with Crippen LogP contribution in [0.5, 0.6) is 11.5 Å². The van der Waals surface area contributed by atoms with E-state index in [1.165, 1.54) is 12.8 Å². The van der Waals surface area contributed by atoms with Crippen LogP contribution in [-0.2, 0) is 0 Å². The van der Waals surface area contributed by atoms with Crippen LogP contribution in [0.15, 0.2) is 42.6 Å². The second kappa shape index (κ2) is 7.83. The summed E-state index contributed by atoms with van der Waals surface area (Å²) < 4.78 is 11.8. The minimum atomic E-state index is 0.209. The summed E-state index contributed by atoms with van der Waals surface area (Å²) >= 11 is 12.6. The number of benzene rings is 2. The number of hydrogen-bond acceptors (Lipinski definition) is 4. The molecule has 27 heavy (non-hydrogen) atoms. The molecule has 0 unspecified atom stereocenters. The number of nitrogens with one attached hydrogen (secondary N) is 1. The third-order valence-electron chi connectivity index (χ3n) is 4.86. The molecule has 0 saturated heterocycles. The Kier molecular flexibility index (Phi) is 5.28. The van der Waals surface area contributed by atoms with E-state index in [2.05, 4.69) is 10.3 Å². The lowest BCUT2D eigenvalue weighted by Gasteiger charge is -2.19. The molecule has 0 aliphatic heterocycles. The molecule has 1 aromatic heterocycles. The monoisotopic (exact) mass is 402 g/mol. The molecule has 1 saturated carbocycles. The van der Waals surface area contributed by atoms with Crippen LogP contribution in [0.3, 0.4) is 0 Å². The summed E-state index contributed by atoms with van der Waals surface area (Å²) in [6, 6.07) is 11.2. The van der Waals surface area contributed by atoms with Gasteiger partial charge < -0.3 is 14.8 Å². The van der Waals surface area contributed by atoms with Crippen LogP contribution >= 0.6 is 23.2 Å². The number of fused-ring (bicyclic) bond motifs is 1. The molecule has 6 heteroatoms. The van der Waals surface area contributed by atoms with Crippen molar-refractivity contribution in [3.63, 3.8) is 0 Å². The van der Waals surface area contributed by atoms with E-state index in [0.29, 0.717) is 27.2 Å². The molecule has 1 aliphatic carbocycles. The van der Waals surface area contributed by atoms with Crippen LogP contribution in [0.1, 0.15) is 25.7 Å². The van der Waals surface area contributed by atoms with E-state index in [4.69, 9.17) is 32.7 Å². The maximum Gasteiger partial charge on any atom is 0.187 e. The van der Waals surface area contributed by atoms with Gasteiger partial charge in [0, 0.05) is 17.3 Å². The van der Waals surface area contributed by atoms with Crippen LogP contribution in [0.25, 0.3) is 10.9 Å². The van der Waals surface area contributed by atoms with Gasteiger partial charge in [-0.05, 0) is 56.0 Å². The molecule has 3 aromatic rings. The van der Waals surface area contributed by atoms with Gasteiger partial charge in [0.05, 0.1) is 28.9 Å². The van der Waals surface area contributed by atoms with E-state index in [9.17, 15) is 0 Å². The Hall–Kier alpha value is -2.17. The van der Waals surface area contributed by atoms with Crippen molar-refractivity contribution >= 4 is 45.5 Å². The van der Waals surface area contributed by atoms with Crippen molar-refractivity contribution in [1.82, 2.24) is 4.98 Å². The van der Waals surface area contributed by atoms with Crippen LogP contribution in [-0.4, -0.2) is 18.2 Å². The lowest BCUT2D eigenvalue weighted by Crippen LogP contribution is -2.12. The van der Waals surface area contributed by atoms with E-state index in [1.807, 2.05) is 24.3 Å². The molecule has 1 fully saturated rings. The summed E-state index contributed by atoms with van der Waals surface area (Å²) in [7, 11) is 1.65. The second-order valence-corrected chi connectivity index (χ2v) is 7.41. The van der Waals surface area contributed by atoms with Gasteiger partial charge in [-0.1, -0.05) is 29.3 Å². The maximum atomic E-state index is 6.32. The van der Waals surface area contributed by atoms with Crippen molar-refractivity contribution in [3.05, 3.63) is 52.6 Å². The fourth-order valence-corrected chi connectivity index (χ4v) is 3.97. The highest BCUT2D eigenvalue weighted by molar-refractivity contribution is 6.39. The summed E-state index contributed by atoms with van der Waals surface area (Å²) in [6.07, 6.45) is 6.47. The predicted octanol–water partition coefficient (Wildman–Crippen LogP) is 6.62. The Morgan fingerprint density at radius 3 is 2.48 bits per heavy atom. The Morgan fingerprint density at radius 2 is 1.78 bits per heavy atom. The maximum absolute atomic E-state index is 6.32. The van der Waals surface area contributed by atoms with Gasteiger partial charge in [-0.2, -0.15) is 0 Å². The Morgan fingerprint density at radius 1 is 1.04 bits per heavy atom. The molecule has 1 heterocycles. The largest absolute Gasteiger partial charge is 0.493 e. The van der Waals surface area contributed by atoms with Crippen molar-refractivity contribution in [2.45, 2.75) is 31.8 Å². The van der Waals surface area contributed by atoms with Gasteiger partial charge in [-0.3, -0.25) is 4.98 Å². The molecule has 140 valence electrons. The van der Waals surface area contributed by atoms with E-state index in [0.717, 1.165) is 29.4 Å². The zero-order valence-corrected chi connectivity index (χ0v) is 16.5. The van der Waals surface area contributed by atoms with Gasteiger partial charge in [-0.25, -0.2) is 0 Å². The lowest BCUT2D eigenvalue weighted by atomic mass is 10.1. The zero-order chi connectivity index (χ0) is 18.8. The number of hydrogen-bond donors (Lipinski definition) is 1. The molecular formula is C21H20Cl2N2O2. The third-order valence-corrected chi connectivity index (χ3v) is 5.49. The number of methoxy groups -OCH3 is 1. The molecule has 4 rings (SSSR count). The lowest BCUT2D eigenvalue weighted by molar-refractivity contribution is 0.203. The third kappa shape index (κ3) is 3.64. The molecule has 0 amide bonds. The zero-order valence-electron chi connectivity index (χ0n) is 15.0. The first-order valence-corrected chi connectivity index (χ1v) is 9.76. The Labute approximate surface area is 168 Å². The number of rotatable bonds is 5. The Balaban J connectivity index is 1.79. The molecule has 1 aliphatic rings. The van der Waals surface area contributed by atoms with Crippen LogP contribution in [0, 0.1) is 0 Å². The summed E-state index contributed by atoms with van der Waals surface area (Å²) in [5, 5.41) is 5.38. The summed E-state index contributed by atoms with van der Waals surface area (Å²) in [5.41, 5.74) is 2.28. The van der Waals surface area contributed by atoms with E-state index < -0.39 is 0 Å². The van der Waals surface area contributed by atoms with Gasteiger partial charge in [0.2, 0.25) is 0 Å². The molecule has 1 N–H and O–H groups in total. The van der Waals surface area contributed by atoms with Crippen molar-refractivity contribution in [1.29, 1.82) is 0 Å². The van der Waals surface area contributed by atoms with Crippen molar-refractivity contribution in [3.8, 4) is 11.5 Å². The molecule has 2 aromatic carbocycles. The normalized spacial score (nSPS) is 14.5. The van der Waals surface area contributed by atoms with Crippen LogP contribution < -0.4 is 14.8 Å². The number of ether oxygens (including phenoxy) is 2. The first-order chi connectivity index (χ1) is 13.2. The number of nitrogens with zero attached hydrogens (tertiary/aromatic N) is 1. The van der Waals surface area contributed by atoms with E-state index in [-0.39, 0.29) is 6.10 Å². The van der Waals surface area contributed by atoms with Crippen molar-refractivity contribution in [2.24, 2.45) is 0 Å². The standard InChI is InChI=1S/C21H20Cl2N2O2/c1-26-18-10-9-14-17(25-20-15(22)7-4-8-16(20)23)11-12-24-19(14)21(18)27-13-5-2-3-6-13/h4,7-13H,2-3,5-6H2,1H3,(H,24,25). The molecule has 0 bridgehead atoms. The molecule has 0 radical (unpaired) electrons. The van der Waals surface area contributed by atoms with Gasteiger partial charge >= 0.3 is 0 Å². The minimum Gasteiger partial charge on any atom is -0.493 e. The topological polar surface area (TPSA) is 43.4 Å². The average molecular weight is 403 g/mol.